The number of nitrogens with one attached hydrogen (secondary N) is 1. The van der Waals surface area contributed by atoms with Gasteiger partial charge in [-0.2, -0.15) is 11.8 Å². The molecule has 0 amide bonds. The SMILES string of the molecule is CCC1CNC2(CCCC2)CN1CC1(SC)CCCC1. The summed E-state index contributed by atoms with van der Waals surface area (Å²) in [5.74, 6) is 0. The zero-order valence-electron chi connectivity index (χ0n) is 13.4. The van der Waals surface area contributed by atoms with Gasteiger partial charge in [0.1, 0.15) is 0 Å². The lowest BCUT2D eigenvalue weighted by Gasteiger charge is -2.49. The quantitative estimate of drug-likeness (QED) is 0.852. The normalized spacial score (nSPS) is 33.0. The lowest BCUT2D eigenvalue weighted by molar-refractivity contribution is 0.0697. The van der Waals surface area contributed by atoms with Gasteiger partial charge in [-0.1, -0.05) is 32.6 Å². The number of rotatable bonds is 4. The molecule has 3 aliphatic rings. The molecule has 0 aromatic heterocycles. The Morgan fingerprint density at radius 2 is 1.75 bits per heavy atom. The number of hydrogen-bond acceptors (Lipinski definition) is 3. The Hall–Kier alpha value is 0.270. The van der Waals surface area contributed by atoms with Gasteiger partial charge in [0.05, 0.1) is 0 Å². The molecule has 1 spiro atoms. The summed E-state index contributed by atoms with van der Waals surface area (Å²) < 4.78 is 0.574. The van der Waals surface area contributed by atoms with Gasteiger partial charge in [-0.3, -0.25) is 4.90 Å². The van der Waals surface area contributed by atoms with Crippen molar-refractivity contribution >= 4 is 11.8 Å². The number of thioether (sulfide) groups is 1. The molecular weight excluding hydrogens is 264 g/mol. The Kier molecular flexibility index (Phi) is 4.69. The van der Waals surface area contributed by atoms with E-state index in [4.69, 9.17) is 0 Å². The second-order valence-corrected chi connectivity index (χ2v) is 8.70. The summed E-state index contributed by atoms with van der Waals surface area (Å²) in [5.41, 5.74) is 0.476. The Morgan fingerprint density at radius 1 is 1.10 bits per heavy atom. The summed E-state index contributed by atoms with van der Waals surface area (Å²) in [6.07, 6.45) is 15.1. The molecule has 1 unspecified atom stereocenters. The minimum atomic E-state index is 0.476. The zero-order chi connectivity index (χ0) is 14.1. The van der Waals surface area contributed by atoms with Crippen LogP contribution in [0.5, 0.6) is 0 Å². The van der Waals surface area contributed by atoms with Crippen molar-refractivity contribution in [1.82, 2.24) is 10.2 Å². The molecule has 1 heterocycles. The van der Waals surface area contributed by atoms with Crippen LogP contribution in [-0.4, -0.2) is 47.1 Å². The van der Waals surface area contributed by atoms with E-state index in [9.17, 15) is 0 Å². The average molecular weight is 297 g/mol. The highest BCUT2D eigenvalue weighted by Crippen LogP contribution is 2.42. The Morgan fingerprint density at radius 3 is 2.35 bits per heavy atom. The van der Waals surface area contributed by atoms with Gasteiger partial charge in [0.25, 0.3) is 0 Å². The maximum absolute atomic E-state index is 3.93. The lowest BCUT2D eigenvalue weighted by Crippen LogP contribution is -2.64. The Balaban J connectivity index is 1.70. The molecule has 0 aromatic carbocycles. The highest BCUT2D eigenvalue weighted by atomic mass is 32.2. The molecule has 3 fully saturated rings. The summed E-state index contributed by atoms with van der Waals surface area (Å²) in [5, 5.41) is 3.93. The van der Waals surface area contributed by atoms with Gasteiger partial charge < -0.3 is 5.32 Å². The van der Waals surface area contributed by atoms with Gasteiger partial charge in [-0.25, -0.2) is 0 Å². The van der Waals surface area contributed by atoms with Crippen molar-refractivity contribution in [2.24, 2.45) is 0 Å². The van der Waals surface area contributed by atoms with E-state index in [1.165, 1.54) is 77.4 Å². The number of nitrogens with zero attached hydrogens (tertiary/aromatic N) is 1. The molecule has 0 aromatic rings. The molecular formula is C17H32N2S. The van der Waals surface area contributed by atoms with Crippen molar-refractivity contribution in [1.29, 1.82) is 0 Å². The van der Waals surface area contributed by atoms with Crippen molar-refractivity contribution < 1.29 is 0 Å². The molecule has 116 valence electrons. The molecule has 1 saturated heterocycles. The maximum atomic E-state index is 3.93. The van der Waals surface area contributed by atoms with Crippen LogP contribution >= 0.6 is 11.8 Å². The monoisotopic (exact) mass is 296 g/mol. The maximum Gasteiger partial charge on any atom is 0.0309 e. The van der Waals surface area contributed by atoms with E-state index in [2.05, 4.69) is 35.2 Å². The van der Waals surface area contributed by atoms with Gasteiger partial charge in [0.15, 0.2) is 0 Å². The minimum Gasteiger partial charge on any atom is -0.308 e. The third-order valence-electron chi connectivity index (χ3n) is 6.21. The first-order valence-electron chi connectivity index (χ1n) is 8.75. The first-order valence-corrected chi connectivity index (χ1v) is 9.98. The molecule has 1 aliphatic heterocycles. The number of hydrogen-bond donors (Lipinski definition) is 1. The molecule has 3 heteroatoms. The molecule has 2 aliphatic carbocycles. The van der Waals surface area contributed by atoms with Crippen LogP contribution in [0.2, 0.25) is 0 Å². The molecule has 1 atom stereocenters. The fraction of sp³-hybridized carbons (Fsp3) is 1.00. The van der Waals surface area contributed by atoms with Crippen LogP contribution in [0.4, 0.5) is 0 Å². The smallest absolute Gasteiger partial charge is 0.0309 e. The highest BCUT2D eigenvalue weighted by molar-refractivity contribution is 8.00. The van der Waals surface area contributed by atoms with Gasteiger partial charge >= 0.3 is 0 Å². The van der Waals surface area contributed by atoms with Crippen LogP contribution in [0, 0.1) is 0 Å². The second kappa shape index (κ2) is 6.18. The summed E-state index contributed by atoms with van der Waals surface area (Å²) in [6, 6.07) is 0.769. The topological polar surface area (TPSA) is 15.3 Å². The lowest BCUT2D eigenvalue weighted by atomic mass is 9.90. The van der Waals surface area contributed by atoms with E-state index in [0.717, 1.165) is 6.04 Å². The standard InChI is InChI=1S/C17H32N2S/c1-3-15-12-18-16(8-4-5-9-16)13-19(15)14-17(20-2)10-6-7-11-17/h15,18H,3-14H2,1-2H3. The van der Waals surface area contributed by atoms with Crippen molar-refractivity contribution in [3.05, 3.63) is 0 Å². The van der Waals surface area contributed by atoms with Crippen molar-refractivity contribution in [3.8, 4) is 0 Å². The van der Waals surface area contributed by atoms with Crippen LogP contribution in [0.15, 0.2) is 0 Å². The van der Waals surface area contributed by atoms with Crippen LogP contribution in [0.1, 0.15) is 64.7 Å². The highest BCUT2D eigenvalue weighted by Gasteiger charge is 2.43. The average Bonchev–Trinajstić information content (AvgIpc) is 3.10. The summed E-state index contributed by atoms with van der Waals surface area (Å²) in [7, 11) is 0. The van der Waals surface area contributed by atoms with Gasteiger partial charge in [0, 0.05) is 36.0 Å². The van der Waals surface area contributed by atoms with Crippen molar-refractivity contribution in [3.63, 3.8) is 0 Å². The van der Waals surface area contributed by atoms with E-state index in [1.54, 1.807) is 0 Å². The first kappa shape index (κ1) is 15.2. The predicted molar refractivity (Wildman–Crippen MR) is 89.6 cm³/mol. The molecule has 0 radical (unpaired) electrons. The second-order valence-electron chi connectivity index (χ2n) is 7.43. The third kappa shape index (κ3) is 2.91. The van der Waals surface area contributed by atoms with E-state index >= 15 is 0 Å². The van der Waals surface area contributed by atoms with Crippen LogP contribution < -0.4 is 5.32 Å². The Labute approximate surface area is 129 Å². The summed E-state index contributed by atoms with van der Waals surface area (Å²) >= 11 is 2.15. The van der Waals surface area contributed by atoms with Gasteiger partial charge in [-0.15, -0.1) is 0 Å². The van der Waals surface area contributed by atoms with Crippen LogP contribution in [0.25, 0.3) is 0 Å². The van der Waals surface area contributed by atoms with Crippen LogP contribution in [-0.2, 0) is 0 Å². The predicted octanol–water partition coefficient (Wildman–Crippen LogP) is 3.66. The van der Waals surface area contributed by atoms with Crippen molar-refractivity contribution in [2.75, 3.05) is 25.9 Å². The fourth-order valence-corrected chi connectivity index (χ4v) is 5.82. The first-order chi connectivity index (χ1) is 9.71. The Bertz CT molecular complexity index is 319. The molecule has 3 rings (SSSR count). The van der Waals surface area contributed by atoms with Gasteiger partial charge in [-0.05, 0) is 38.4 Å². The number of piperazine rings is 1. The van der Waals surface area contributed by atoms with E-state index < -0.39 is 0 Å². The minimum absolute atomic E-state index is 0.476. The largest absolute Gasteiger partial charge is 0.308 e. The summed E-state index contributed by atoms with van der Waals surface area (Å²) in [4.78, 5) is 2.88. The third-order valence-corrected chi connectivity index (χ3v) is 7.61. The fourth-order valence-electron chi connectivity index (χ4n) is 4.83. The molecule has 1 N–H and O–H groups in total. The molecule has 0 bridgehead atoms. The van der Waals surface area contributed by atoms with E-state index in [-0.39, 0.29) is 0 Å². The van der Waals surface area contributed by atoms with Crippen molar-refractivity contribution in [2.45, 2.75) is 81.0 Å². The van der Waals surface area contributed by atoms with Crippen LogP contribution in [0.3, 0.4) is 0 Å². The van der Waals surface area contributed by atoms with E-state index in [0.29, 0.717) is 10.3 Å². The zero-order valence-corrected chi connectivity index (χ0v) is 14.2. The summed E-state index contributed by atoms with van der Waals surface area (Å²) in [6.45, 7) is 6.25. The molecule has 2 nitrogen and oxygen atoms in total. The van der Waals surface area contributed by atoms with E-state index in [1.807, 2.05) is 0 Å². The molecule has 20 heavy (non-hydrogen) atoms. The molecule has 2 saturated carbocycles. The van der Waals surface area contributed by atoms with Gasteiger partial charge in [0.2, 0.25) is 0 Å².